The Hall–Kier alpha value is -0.780. The molecule has 6 heteroatoms. The van der Waals surface area contributed by atoms with Gasteiger partial charge in [0.2, 0.25) is 5.13 Å². The van der Waals surface area contributed by atoms with Crippen LogP contribution in [-0.4, -0.2) is 16.2 Å². The van der Waals surface area contributed by atoms with Crippen LogP contribution in [0, 0.1) is 0 Å². The van der Waals surface area contributed by atoms with Gasteiger partial charge in [-0.05, 0) is 31.5 Å². The van der Waals surface area contributed by atoms with E-state index in [1.807, 2.05) is 18.2 Å². The number of aromatic nitrogens is 2. The molecule has 0 atom stereocenters. The maximum Gasteiger partial charge on any atom is 0.206 e. The van der Waals surface area contributed by atoms with Gasteiger partial charge in [0.25, 0.3) is 0 Å². The molecule has 0 fully saturated rings. The lowest BCUT2D eigenvalue weighted by Gasteiger charge is -2.03. The van der Waals surface area contributed by atoms with Crippen LogP contribution in [0.15, 0.2) is 28.6 Å². The van der Waals surface area contributed by atoms with Gasteiger partial charge in [-0.1, -0.05) is 46.8 Å². The van der Waals surface area contributed by atoms with Gasteiger partial charge in [0.15, 0.2) is 4.34 Å². The zero-order valence-corrected chi connectivity index (χ0v) is 12.6. The van der Waals surface area contributed by atoms with Crippen molar-refractivity contribution in [2.24, 2.45) is 0 Å². The summed E-state index contributed by atoms with van der Waals surface area (Å²) in [6.07, 6.45) is 0. The zero-order valence-electron chi connectivity index (χ0n) is 10.2. The minimum absolute atomic E-state index is 0.378. The highest BCUT2D eigenvalue weighted by molar-refractivity contribution is 8.00. The molecular formula is C12H14ClN3S2. The first-order chi connectivity index (χ1) is 8.63. The molecule has 0 aliphatic heterocycles. The maximum absolute atomic E-state index is 5.94. The number of benzene rings is 1. The highest BCUT2D eigenvalue weighted by Crippen LogP contribution is 2.29. The summed E-state index contributed by atoms with van der Waals surface area (Å²) in [6, 6.07) is 8.26. The van der Waals surface area contributed by atoms with Gasteiger partial charge < -0.3 is 5.32 Å². The Bertz CT molecular complexity index is 514. The minimum Gasteiger partial charge on any atom is -0.358 e. The van der Waals surface area contributed by atoms with Gasteiger partial charge in [0, 0.05) is 16.8 Å². The molecule has 0 saturated heterocycles. The number of anilines is 1. The number of hydrogen-bond donors (Lipinski definition) is 1. The Labute approximate surface area is 120 Å². The molecule has 0 spiro atoms. The highest BCUT2D eigenvalue weighted by atomic mass is 35.5. The maximum atomic E-state index is 5.94. The number of thioether (sulfide) groups is 1. The van der Waals surface area contributed by atoms with Crippen LogP contribution in [0.3, 0.4) is 0 Å². The van der Waals surface area contributed by atoms with Crippen molar-refractivity contribution < 1.29 is 0 Å². The lowest BCUT2D eigenvalue weighted by molar-refractivity contribution is 0.883. The molecule has 0 saturated carbocycles. The molecular weight excluding hydrogens is 286 g/mol. The van der Waals surface area contributed by atoms with Crippen LogP contribution in [0.2, 0.25) is 5.02 Å². The summed E-state index contributed by atoms with van der Waals surface area (Å²) >= 11 is 9.20. The molecule has 0 aliphatic carbocycles. The molecule has 0 unspecified atom stereocenters. The van der Waals surface area contributed by atoms with Crippen molar-refractivity contribution in [2.75, 3.05) is 5.32 Å². The van der Waals surface area contributed by atoms with Gasteiger partial charge in [0.1, 0.15) is 0 Å². The van der Waals surface area contributed by atoms with E-state index < -0.39 is 0 Å². The monoisotopic (exact) mass is 299 g/mol. The largest absolute Gasteiger partial charge is 0.358 e. The summed E-state index contributed by atoms with van der Waals surface area (Å²) in [4.78, 5) is 0. The Balaban J connectivity index is 1.92. The van der Waals surface area contributed by atoms with E-state index in [4.69, 9.17) is 11.6 Å². The van der Waals surface area contributed by atoms with E-state index in [-0.39, 0.29) is 0 Å². The van der Waals surface area contributed by atoms with Crippen molar-refractivity contribution in [1.29, 1.82) is 0 Å². The fourth-order valence-electron chi connectivity index (χ4n) is 1.35. The molecule has 96 valence electrons. The Morgan fingerprint density at radius 3 is 2.94 bits per heavy atom. The number of rotatable bonds is 5. The van der Waals surface area contributed by atoms with Crippen LogP contribution in [0.4, 0.5) is 5.13 Å². The Morgan fingerprint density at radius 2 is 2.22 bits per heavy atom. The highest BCUT2D eigenvalue weighted by Gasteiger charge is 2.06. The van der Waals surface area contributed by atoms with E-state index in [1.54, 1.807) is 23.1 Å². The van der Waals surface area contributed by atoms with Crippen LogP contribution in [0.25, 0.3) is 0 Å². The average Bonchev–Trinajstić information content (AvgIpc) is 2.73. The predicted octanol–water partition coefficient (Wildman–Crippen LogP) is 4.30. The first-order valence-electron chi connectivity index (χ1n) is 5.61. The number of halogens is 1. The van der Waals surface area contributed by atoms with Crippen LogP contribution in [0.5, 0.6) is 0 Å². The Morgan fingerprint density at radius 1 is 1.39 bits per heavy atom. The third-order valence-electron chi connectivity index (χ3n) is 2.07. The standard InChI is InChI=1S/C12H14ClN3S2/c1-8(2)14-11-15-16-12(18-11)17-7-9-4-3-5-10(13)6-9/h3-6,8H,7H2,1-2H3,(H,14,15). The van der Waals surface area contributed by atoms with Crippen LogP contribution in [0.1, 0.15) is 19.4 Å². The molecule has 1 aromatic heterocycles. The van der Waals surface area contributed by atoms with Crippen molar-refractivity contribution >= 4 is 39.8 Å². The van der Waals surface area contributed by atoms with Gasteiger partial charge in [-0.2, -0.15) is 0 Å². The van der Waals surface area contributed by atoms with E-state index in [9.17, 15) is 0 Å². The normalized spacial score (nSPS) is 10.9. The second kappa shape index (κ2) is 6.41. The minimum atomic E-state index is 0.378. The fourth-order valence-corrected chi connectivity index (χ4v) is 3.40. The molecule has 18 heavy (non-hydrogen) atoms. The second-order valence-corrected chi connectivity index (χ2v) is 6.73. The molecule has 0 amide bonds. The van der Waals surface area contributed by atoms with Crippen molar-refractivity contribution in [3.05, 3.63) is 34.9 Å². The topological polar surface area (TPSA) is 37.8 Å². The van der Waals surface area contributed by atoms with Gasteiger partial charge in [0.05, 0.1) is 0 Å². The molecule has 0 aliphatic rings. The molecule has 0 radical (unpaired) electrons. The van der Waals surface area contributed by atoms with Crippen LogP contribution >= 0.6 is 34.7 Å². The molecule has 2 aromatic rings. The van der Waals surface area contributed by atoms with Gasteiger partial charge in [-0.25, -0.2) is 0 Å². The van der Waals surface area contributed by atoms with E-state index >= 15 is 0 Å². The smallest absolute Gasteiger partial charge is 0.206 e. The van der Waals surface area contributed by atoms with Crippen molar-refractivity contribution in [2.45, 2.75) is 30.0 Å². The lowest BCUT2D eigenvalue weighted by atomic mass is 10.2. The SMILES string of the molecule is CC(C)Nc1nnc(SCc2cccc(Cl)c2)s1. The van der Waals surface area contributed by atoms with Crippen molar-refractivity contribution in [3.63, 3.8) is 0 Å². The summed E-state index contributed by atoms with van der Waals surface area (Å²) in [5.74, 6) is 0.858. The summed E-state index contributed by atoms with van der Waals surface area (Å²) in [5.41, 5.74) is 1.20. The van der Waals surface area contributed by atoms with E-state index in [0.29, 0.717) is 6.04 Å². The molecule has 1 heterocycles. The summed E-state index contributed by atoms with van der Waals surface area (Å²) in [5, 5.41) is 13.1. The van der Waals surface area contributed by atoms with Gasteiger partial charge in [-0.3, -0.25) is 0 Å². The third-order valence-corrected chi connectivity index (χ3v) is 4.36. The molecule has 0 bridgehead atoms. The Kier molecular flexibility index (Phi) is 4.86. The molecule has 1 aromatic carbocycles. The number of nitrogens with zero attached hydrogens (tertiary/aromatic N) is 2. The third kappa shape index (κ3) is 4.15. The first kappa shape index (κ1) is 13.6. The quantitative estimate of drug-likeness (QED) is 0.835. The van der Waals surface area contributed by atoms with Crippen LogP contribution < -0.4 is 5.32 Å². The van der Waals surface area contributed by atoms with Gasteiger partial charge >= 0.3 is 0 Å². The fraction of sp³-hybridized carbons (Fsp3) is 0.333. The average molecular weight is 300 g/mol. The first-order valence-corrected chi connectivity index (χ1v) is 7.79. The van der Waals surface area contributed by atoms with E-state index in [2.05, 4.69) is 35.4 Å². The van der Waals surface area contributed by atoms with Gasteiger partial charge in [-0.15, -0.1) is 10.2 Å². The predicted molar refractivity (Wildman–Crippen MR) is 79.7 cm³/mol. The molecule has 1 N–H and O–H groups in total. The lowest BCUT2D eigenvalue weighted by Crippen LogP contribution is -2.08. The number of hydrogen-bond acceptors (Lipinski definition) is 5. The molecule has 3 nitrogen and oxygen atoms in total. The summed E-state index contributed by atoms with van der Waals surface area (Å²) < 4.78 is 0.970. The molecule has 2 rings (SSSR count). The van der Waals surface area contributed by atoms with Crippen LogP contribution in [-0.2, 0) is 5.75 Å². The summed E-state index contributed by atoms with van der Waals surface area (Å²) in [7, 11) is 0. The van der Waals surface area contributed by atoms with E-state index in [0.717, 1.165) is 20.2 Å². The van der Waals surface area contributed by atoms with Crippen molar-refractivity contribution in [3.8, 4) is 0 Å². The van der Waals surface area contributed by atoms with Crippen molar-refractivity contribution in [1.82, 2.24) is 10.2 Å². The summed E-state index contributed by atoms with van der Waals surface area (Å²) in [6.45, 7) is 4.17. The second-order valence-electron chi connectivity index (χ2n) is 4.09. The van der Waals surface area contributed by atoms with E-state index in [1.165, 1.54) is 5.56 Å². The zero-order chi connectivity index (χ0) is 13.0. The number of nitrogens with one attached hydrogen (secondary N) is 1.